The van der Waals surface area contributed by atoms with Gasteiger partial charge >= 0.3 is 0 Å². The molecule has 2 rings (SSSR count). The Bertz CT molecular complexity index is 461. The zero-order valence-electron chi connectivity index (χ0n) is 13.7. The fraction of sp³-hybridized carbons (Fsp3) is 0.611. The Morgan fingerprint density at radius 1 is 1.36 bits per heavy atom. The van der Waals surface area contributed by atoms with Crippen LogP contribution in [0.15, 0.2) is 30.3 Å². The molecule has 0 aromatic heterocycles. The number of carbonyl (C=O) groups excluding carboxylic acids is 1. The molecule has 1 aliphatic rings. The van der Waals surface area contributed by atoms with Gasteiger partial charge < -0.3 is 10.4 Å². The lowest BCUT2D eigenvalue weighted by molar-refractivity contribution is -0.125. The molecule has 4 nitrogen and oxygen atoms in total. The molecule has 2 N–H and O–H groups in total. The highest BCUT2D eigenvalue weighted by atomic mass is 16.3. The van der Waals surface area contributed by atoms with Crippen molar-refractivity contribution in [2.45, 2.75) is 51.8 Å². The number of hydrogen-bond donors (Lipinski definition) is 2. The van der Waals surface area contributed by atoms with Crippen LogP contribution in [0, 0.1) is 5.92 Å². The Morgan fingerprint density at radius 3 is 2.77 bits per heavy atom. The van der Waals surface area contributed by atoms with Crippen molar-refractivity contribution < 1.29 is 9.90 Å². The van der Waals surface area contributed by atoms with Gasteiger partial charge in [0, 0.05) is 13.1 Å². The highest BCUT2D eigenvalue weighted by molar-refractivity contribution is 5.82. The molecule has 0 bridgehead atoms. The summed E-state index contributed by atoms with van der Waals surface area (Å²) in [5.74, 6) is 0.429. The molecule has 1 aromatic rings. The molecule has 0 saturated carbocycles. The molecule has 3 unspecified atom stereocenters. The number of likely N-dealkylation sites (tertiary alicyclic amines) is 1. The van der Waals surface area contributed by atoms with Crippen molar-refractivity contribution in [1.82, 2.24) is 10.2 Å². The maximum atomic E-state index is 12.4. The molecular weight excluding hydrogens is 276 g/mol. The molecule has 122 valence electrons. The fourth-order valence-corrected chi connectivity index (χ4v) is 3.19. The molecule has 1 aromatic carbocycles. The molecule has 0 aliphatic carbocycles. The molecule has 0 radical (unpaired) electrons. The minimum atomic E-state index is -0.312. The molecule has 1 saturated heterocycles. The Hall–Kier alpha value is -1.39. The topological polar surface area (TPSA) is 52.6 Å². The first-order valence-electron chi connectivity index (χ1n) is 8.30. The van der Waals surface area contributed by atoms with Crippen molar-refractivity contribution in [2.24, 2.45) is 5.92 Å². The van der Waals surface area contributed by atoms with Crippen molar-refractivity contribution in [2.75, 3.05) is 13.1 Å². The van der Waals surface area contributed by atoms with E-state index in [2.05, 4.69) is 29.3 Å². The van der Waals surface area contributed by atoms with Crippen molar-refractivity contribution in [3.8, 4) is 0 Å². The molecule has 22 heavy (non-hydrogen) atoms. The van der Waals surface area contributed by atoms with Gasteiger partial charge in [-0.25, -0.2) is 0 Å². The van der Waals surface area contributed by atoms with Gasteiger partial charge in [0.15, 0.2) is 0 Å². The third-order valence-corrected chi connectivity index (χ3v) is 4.26. The highest BCUT2D eigenvalue weighted by Gasteiger charge is 2.30. The van der Waals surface area contributed by atoms with Gasteiger partial charge in [0.05, 0.1) is 12.1 Å². The number of rotatable bonds is 7. The maximum absolute atomic E-state index is 12.4. The number of carbonyl (C=O) groups is 1. The van der Waals surface area contributed by atoms with Crippen LogP contribution >= 0.6 is 0 Å². The largest absolute Gasteiger partial charge is 0.393 e. The van der Waals surface area contributed by atoms with Crippen LogP contribution in [0.3, 0.4) is 0 Å². The van der Waals surface area contributed by atoms with Crippen LogP contribution in [0.2, 0.25) is 0 Å². The van der Waals surface area contributed by atoms with E-state index in [1.54, 1.807) is 6.92 Å². The van der Waals surface area contributed by atoms with Crippen molar-refractivity contribution >= 4 is 5.91 Å². The minimum absolute atomic E-state index is 0.0149. The number of aliphatic hydroxyl groups excluding tert-OH is 1. The Kier molecular flexibility index (Phi) is 6.40. The summed E-state index contributed by atoms with van der Waals surface area (Å²) in [7, 11) is 0. The standard InChI is InChI=1S/C18H28N2O2/c1-14(11-15(2)21)12-19-18(22)17-9-6-10-20(17)13-16-7-4-3-5-8-16/h3-5,7-8,14-15,17,21H,6,9-13H2,1-2H3,(H,19,22). The summed E-state index contributed by atoms with van der Waals surface area (Å²) in [5, 5.41) is 12.4. The first kappa shape index (κ1) is 17.0. The molecule has 1 heterocycles. The summed E-state index contributed by atoms with van der Waals surface area (Å²) in [4.78, 5) is 14.7. The summed E-state index contributed by atoms with van der Waals surface area (Å²) >= 11 is 0. The van der Waals surface area contributed by atoms with Gasteiger partial charge in [0.25, 0.3) is 0 Å². The van der Waals surface area contributed by atoms with E-state index in [0.717, 1.165) is 32.4 Å². The van der Waals surface area contributed by atoms with E-state index in [1.165, 1.54) is 5.56 Å². The second-order valence-corrected chi connectivity index (χ2v) is 6.55. The maximum Gasteiger partial charge on any atom is 0.237 e. The summed E-state index contributed by atoms with van der Waals surface area (Å²) in [6, 6.07) is 10.3. The van der Waals surface area contributed by atoms with Crippen LogP contribution in [0.25, 0.3) is 0 Å². The normalized spacial score (nSPS) is 21.5. The quantitative estimate of drug-likeness (QED) is 0.812. The first-order chi connectivity index (χ1) is 10.6. The van der Waals surface area contributed by atoms with E-state index < -0.39 is 0 Å². The number of aliphatic hydroxyl groups is 1. The molecule has 1 fully saturated rings. The number of amides is 1. The lowest BCUT2D eigenvalue weighted by Gasteiger charge is -2.24. The van der Waals surface area contributed by atoms with Crippen molar-refractivity contribution in [3.05, 3.63) is 35.9 Å². The lowest BCUT2D eigenvalue weighted by atomic mass is 10.0. The number of benzene rings is 1. The highest BCUT2D eigenvalue weighted by Crippen LogP contribution is 2.20. The third kappa shape index (κ3) is 5.11. The van der Waals surface area contributed by atoms with Gasteiger partial charge in [-0.2, -0.15) is 0 Å². The Morgan fingerprint density at radius 2 is 2.09 bits per heavy atom. The smallest absolute Gasteiger partial charge is 0.237 e. The molecule has 3 atom stereocenters. The molecule has 0 spiro atoms. The molecule has 1 amide bonds. The van der Waals surface area contributed by atoms with Crippen molar-refractivity contribution in [3.63, 3.8) is 0 Å². The SMILES string of the molecule is CC(O)CC(C)CNC(=O)C1CCCN1Cc1ccccc1. The Labute approximate surface area is 133 Å². The molecule has 4 heteroatoms. The summed E-state index contributed by atoms with van der Waals surface area (Å²) < 4.78 is 0. The van der Waals surface area contributed by atoms with Gasteiger partial charge in [-0.1, -0.05) is 37.3 Å². The van der Waals surface area contributed by atoms with E-state index in [-0.39, 0.29) is 18.1 Å². The van der Waals surface area contributed by atoms with Crippen LogP contribution in [-0.2, 0) is 11.3 Å². The van der Waals surface area contributed by atoms with Crippen LogP contribution in [0.5, 0.6) is 0 Å². The molecule has 1 aliphatic heterocycles. The second-order valence-electron chi connectivity index (χ2n) is 6.55. The van der Waals surface area contributed by atoms with Crippen LogP contribution < -0.4 is 5.32 Å². The van der Waals surface area contributed by atoms with Crippen molar-refractivity contribution in [1.29, 1.82) is 0 Å². The van der Waals surface area contributed by atoms with Gasteiger partial charge in [0.2, 0.25) is 5.91 Å². The number of nitrogens with zero attached hydrogens (tertiary/aromatic N) is 1. The average molecular weight is 304 g/mol. The zero-order chi connectivity index (χ0) is 15.9. The minimum Gasteiger partial charge on any atom is -0.393 e. The van der Waals surface area contributed by atoms with E-state index in [0.29, 0.717) is 12.5 Å². The second kappa shape index (κ2) is 8.30. The summed E-state index contributed by atoms with van der Waals surface area (Å²) in [6.07, 6.45) is 2.42. The first-order valence-corrected chi connectivity index (χ1v) is 8.30. The van der Waals surface area contributed by atoms with Gasteiger partial charge in [-0.3, -0.25) is 9.69 Å². The van der Waals surface area contributed by atoms with Crippen LogP contribution in [-0.4, -0.2) is 41.1 Å². The molecular formula is C18H28N2O2. The van der Waals surface area contributed by atoms with E-state index in [1.807, 2.05) is 18.2 Å². The van der Waals surface area contributed by atoms with Crippen LogP contribution in [0.1, 0.15) is 38.7 Å². The Balaban J connectivity index is 1.83. The van der Waals surface area contributed by atoms with E-state index >= 15 is 0 Å². The van der Waals surface area contributed by atoms with Crippen LogP contribution in [0.4, 0.5) is 0 Å². The van der Waals surface area contributed by atoms with E-state index in [4.69, 9.17) is 0 Å². The fourth-order valence-electron chi connectivity index (χ4n) is 3.19. The monoisotopic (exact) mass is 304 g/mol. The lowest BCUT2D eigenvalue weighted by Crippen LogP contribution is -2.44. The average Bonchev–Trinajstić information content (AvgIpc) is 2.93. The zero-order valence-corrected chi connectivity index (χ0v) is 13.7. The van der Waals surface area contributed by atoms with Gasteiger partial charge in [0.1, 0.15) is 0 Å². The van der Waals surface area contributed by atoms with Gasteiger partial charge in [-0.15, -0.1) is 0 Å². The predicted molar refractivity (Wildman–Crippen MR) is 88.3 cm³/mol. The summed E-state index contributed by atoms with van der Waals surface area (Å²) in [5.41, 5.74) is 1.25. The van der Waals surface area contributed by atoms with E-state index in [9.17, 15) is 9.90 Å². The number of nitrogens with one attached hydrogen (secondary N) is 1. The number of hydrogen-bond acceptors (Lipinski definition) is 3. The summed E-state index contributed by atoms with van der Waals surface area (Å²) in [6.45, 7) is 6.30. The van der Waals surface area contributed by atoms with Gasteiger partial charge in [-0.05, 0) is 44.2 Å². The predicted octanol–water partition coefficient (Wildman–Crippen LogP) is 2.17. The third-order valence-electron chi connectivity index (χ3n) is 4.26.